The van der Waals surface area contributed by atoms with Gasteiger partial charge < -0.3 is 4.90 Å². The van der Waals surface area contributed by atoms with Gasteiger partial charge in [0.25, 0.3) is 0 Å². The molecule has 3 atom stereocenters. The van der Waals surface area contributed by atoms with Crippen molar-refractivity contribution in [3.05, 3.63) is 45.9 Å². The molecular weight excluding hydrogens is 318 g/mol. The van der Waals surface area contributed by atoms with Crippen LogP contribution in [0.25, 0.3) is 0 Å². The highest BCUT2D eigenvalue weighted by molar-refractivity contribution is 7.91. The first-order valence-electron chi connectivity index (χ1n) is 7.34. The zero-order valence-corrected chi connectivity index (χ0v) is 14.0. The molecule has 0 radical (unpaired) electrons. The van der Waals surface area contributed by atoms with Crippen LogP contribution >= 0.6 is 0 Å². The van der Waals surface area contributed by atoms with E-state index >= 15 is 0 Å². The van der Waals surface area contributed by atoms with E-state index in [0.717, 1.165) is 11.1 Å². The third-order valence-corrected chi connectivity index (χ3v) is 6.20. The van der Waals surface area contributed by atoms with E-state index in [9.17, 15) is 13.2 Å². The Morgan fingerprint density at radius 1 is 1.35 bits per heavy atom. The summed E-state index contributed by atoms with van der Waals surface area (Å²) in [6, 6.07) is 7.48. The van der Waals surface area contributed by atoms with Gasteiger partial charge in [0.1, 0.15) is 0 Å². The summed E-state index contributed by atoms with van der Waals surface area (Å²) in [5.41, 5.74) is 1.87. The van der Waals surface area contributed by atoms with Crippen LogP contribution in [0.1, 0.15) is 23.3 Å². The summed E-state index contributed by atoms with van der Waals surface area (Å²) in [6.07, 6.45) is 1.94. The van der Waals surface area contributed by atoms with Crippen LogP contribution in [0.3, 0.4) is 0 Å². The van der Waals surface area contributed by atoms with Gasteiger partial charge in [0, 0.05) is 19.3 Å². The maximum atomic E-state index is 12.4. The Morgan fingerprint density at radius 3 is 2.65 bits per heavy atom. The van der Waals surface area contributed by atoms with E-state index in [1.165, 1.54) is 6.26 Å². The second-order valence-corrected chi connectivity index (χ2v) is 8.28. The van der Waals surface area contributed by atoms with Crippen molar-refractivity contribution in [2.75, 3.05) is 18.2 Å². The topological polar surface area (TPSA) is 96.3 Å². The van der Waals surface area contributed by atoms with E-state index in [2.05, 4.69) is 14.7 Å². The number of aromatic amines is 1. The SMILES string of the molecule is C[C@H]1C(S(C)(=O)=O)c2ccccc2C[C@H]1N(C)c1noc(=O)[nH]1. The van der Waals surface area contributed by atoms with Crippen LogP contribution in [0.4, 0.5) is 5.95 Å². The van der Waals surface area contributed by atoms with Crippen LogP contribution in [0, 0.1) is 5.92 Å². The van der Waals surface area contributed by atoms with Crippen molar-refractivity contribution in [2.24, 2.45) is 5.92 Å². The van der Waals surface area contributed by atoms with Crippen LogP contribution in [0.2, 0.25) is 0 Å². The van der Waals surface area contributed by atoms with Crippen LogP contribution in [-0.2, 0) is 16.3 Å². The predicted octanol–water partition coefficient (Wildman–Crippen LogP) is 1.15. The highest BCUT2D eigenvalue weighted by Gasteiger charge is 2.41. The smallest absolute Gasteiger partial charge is 0.339 e. The number of hydrogen-bond donors (Lipinski definition) is 1. The Balaban J connectivity index is 2.06. The number of likely N-dealkylation sites (N-methyl/N-ethyl adjacent to an activating group) is 1. The Labute approximate surface area is 134 Å². The molecule has 1 aromatic heterocycles. The quantitative estimate of drug-likeness (QED) is 0.902. The van der Waals surface area contributed by atoms with Gasteiger partial charge in [-0.25, -0.2) is 13.2 Å². The Hall–Kier alpha value is -2.09. The first kappa shape index (κ1) is 15.8. The molecule has 0 amide bonds. The minimum absolute atomic E-state index is 0.120. The number of hydrogen-bond acceptors (Lipinski definition) is 6. The summed E-state index contributed by atoms with van der Waals surface area (Å²) in [4.78, 5) is 15.5. The van der Waals surface area contributed by atoms with Gasteiger partial charge in [0.2, 0.25) is 5.95 Å². The maximum absolute atomic E-state index is 12.4. The number of aromatic nitrogens is 2. The molecule has 8 heteroatoms. The molecule has 124 valence electrons. The lowest BCUT2D eigenvalue weighted by Gasteiger charge is -2.40. The maximum Gasteiger partial charge on any atom is 0.440 e. The number of sulfone groups is 1. The molecule has 0 spiro atoms. The average molecular weight is 337 g/mol. The van der Waals surface area contributed by atoms with Gasteiger partial charge >= 0.3 is 5.76 Å². The molecule has 0 saturated heterocycles. The summed E-state index contributed by atoms with van der Waals surface area (Å²) in [7, 11) is -1.49. The van der Waals surface area contributed by atoms with Crippen molar-refractivity contribution in [3.8, 4) is 0 Å². The highest BCUT2D eigenvalue weighted by atomic mass is 32.2. The fourth-order valence-electron chi connectivity index (χ4n) is 3.54. The summed E-state index contributed by atoms with van der Waals surface area (Å²) >= 11 is 0. The number of anilines is 1. The van der Waals surface area contributed by atoms with E-state index in [1.807, 2.05) is 31.2 Å². The van der Waals surface area contributed by atoms with E-state index < -0.39 is 20.8 Å². The molecule has 0 aliphatic heterocycles. The highest BCUT2D eigenvalue weighted by Crippen LogP contribution is 2.41. The number of benzene rings is 1. The number of rotatable bonds is 3. The zero-order chi connectivity index (χ0) is 16.8. The minimum atomic E-state index is -3.27. The van der Waals surface area contributed by atoms with Crippen molar-refractivity contribution in [2.45, 2.75) is 24.6 Å². The van der Waals surface area contributed by atoms with Gasteiger partial charge in [0.05, 0.1) is 5.25 Å². The third-order valence-electron chi connectivity index (χ3n) is 4.60. The van der Waals surface area contributed by atoms with E-state index in [4.69, 9.17) is 0 Å². The van der Waals surface area contributed by atoms with E-state index in [1.54, 1.807) is 11.9 Å². The van der Waals surface area contributed by atoms with Gasteiger partial charge in [0.15, 0.2) is 9.84 Å². The summed E-state index contributed by atoms with van der Waals surface area (Å²) in [6.45, 7) is 1.92. The number of nitrogens with zero attached hydrogens (tertiary/aromatic N) is 2. The molecule has 7 nitrogen and oxygen atoms in total. The molecule has 1 aromatic carbocycles. The minimum Gasteiger partial charge on any atom is -0.339 e. The Morgan fingerprint density at radius 2 is 2.04 bits per heavy atom. The monoisotopic (exact) mass is 337 g/mol. The molecule has 0 bridgehead atoms. The zero-order valence-electron chi connectivity index (χ0n) is 13.2. The first-order valence-corrected chi connectivity index (χ1v) is 9.30. The normalized spacial score (nSPS) is 24.2. The lowest BCUT2D eigenvalue weighted by atomic mass is 9.80. The van der Waals surface area contributed by atoms with Gasteiger partial charge in [-0.3, -0.25) is 9.51 Å². The summed E-state index contributed by atoms with van der Waals surface area (Å²) in [5, 5.41) is 3.12. The van der Waals surface area contributed by atoms with E-state index in [0.29, 0.717) is 12.4 Å². The molecule has 1 heterocycles. The third kappa shape index (κ3) is 2.78. The summed E-state index contributed by atoms with van der Waals surface area (Å²) in [5.74, 6) is -0.487. The molecule has 3 rings (SSSR count). The number of H-pyrrole nitrogens is 1. The van der Waals surface area contributed by atoms with Crippen molar-refractivity contribution in [3.63, 3.8) is 0 Å². The van der Waals surface area contributed by atoms with Gasteiger partial charge in [-0.2, -0.15) is 0 Å². The molecule has 1 N–H and O–H groups in total. The predicted molar refractivity (Wildman–Crippen MR) is 86.2 cm³/mol. The molecule has 1 aliphatic rings. The largest absolute Gasteiger partial charge is 0.440 e. The number of nitrogens with one attached hydrogen (secondary N) is 1. The second kappa shape index (κ2) is 5.52. The van der Waals surface area contributed by atoms with E-state index in [-0.39, 0.29) is 12.0 Å². The molecule has 1 aliphatic carbocycles. The van der Waals surface area contributed by atoms with Gasteiger partial charge in [-0.05, 0) is 28.6 Å². The number of fused-ring (bicyclic) bond motifs is 1. The Bertz CT molecular complexity index is 871. The second-order valence-electron chi connectivity index (χ2n) is 6.11. The fourth-order valence-corrected chi connectivity index (χ4v) is 5.19. The first-order chi connectivity index (χ1) is 10.8. The lowest BCUT2D eigenvalue weighted by molar-refractivity contribution is 0.369. The average Bonchev–Trinajstić information content (AvgIpc) is 2.91. The molecule has 0 saturated carbocycles. The van der Waals surface area contributed by atoms with Crippen molar-refractivity contribution < 1.29 is 12.9 Å². The molecule has 2 aromatic rings. The standard InChI is InChI=1S/C15H19N3O4S/c1-9-12(18(2)14-16-15(19)22-17-14)8-10-6-4-5-7-11(10)13(9)23(3,20)21/h4-7,9,12-13H,8H2,1-3H3,(H,16,17,19)/t9-,12-,13?/m1/s1. The molecule has 23 heavy (non-hydrogen) atoms. The van der Waals surface area contributed by atoms with Crippen LogP contribution in [0.15, 0.2) is 33.6 Å². The Kier molecular flexibility index (Phi) is 3.79. The van der Waals surface area contributed by atoms with Crippen LogP contribution < -0.4 is 10.7 Å². The van der Waals surface area contributed by atoms with Crippen LogP contribution in [-0.4, -0.2) is 37.9 Å². The molecule has 0 fully saturated rings. The van der Waals surface area contributed by atoms with Crippen molar-refractivity contribution in [1.29, 1.82) is 0 Å². The van der Waals surface area contributed by atoms with Crippen molar-refractivity contribution >= 4 is 15.8 Å². The molecule has 1 unspecified atom stereocenters. The fraction of sp³-hybridized carbons (Fsp3) is 0.467. The van der Waals surface area contributed by atoms with Gasteiger partial charge in [-0.15, -0.1) is 0 Å². The van der Waals surface area contributed by atoms with Crippen LogP contribution in [0.5, 0.6) is 0 Å². The lowest BCUT2D eigenvalue weighted by Crippen LogP contribution is -2.46. The van der Waals surface area contributed by atoms with Gasteiger partial charge in [-0.1, -0.05) is 31.2 Å². The molecular formula is C15H19N3O4S. The van der Waals surface area contributed by atoms with Crippen molar-refractivity contribution in [1.82, 2.24) is 10.1 Å². The summed E-state index contributed by atoms with van der Waals surface area (Å²) < 4.78 is 29.3.